The summed E-state index contributed by atoms with van der Waals surface area (Å²) in [5.74, 6) is 1.03. The Kier molecular flexibility index (Phi) is 9.06. The summed E-state index contributed by atoms with van der Waals surface area (Å²) in [6.45, 7) is 11.3. The van der Waals surface area contributed by atoms with Crippen LogP contribution >= 0.6 is 0 Å². The lowest BCUT2D eigenvalue weighted by molar-refractivity contribution is 0.209. The highest BCUT2D eigenvalue weighted by Crippen LogP contribution is 2.39. The van der Waals surface area contributed by atoms with Gasteiger partial charge < -0.3 is 15.1 Å². The van der Waals surface area contributed by atoms with E-state index in [-0.39, 0.29) is 12.5 Å². The second-order valence-corrected chi connectivity index (χ2v) is 10.4. The van der Waals surface area contributed by atoms with Gasteiger partial charge in [-0.3, -0.25) is 4.90 Å². The molecule has 0 spiro atoms. The summed E-state index contributed by atoms with van der Waals surface area (Å²) in [5, 5.41) is 19.9. The van der Waals surface area contributed by atoms with Gasteiger partial charge in [-0.05, 0) is 67.5 Å². The lowest BCUT2D eigenvalue weighted by Gasteiger charge is -2.38. The first-order valence-corrected chi connectivity index (χ1v) is 13.5. The molecule has 2 N–H and O–H groups in total. The first kappa shape index (κ1) is 26.2. The van der Waals surface area contributed by atoms with E-state index in [1.54, 1.807) is 0 Å². The molecule has 3 aliphatic rings. The van der Waals surface area contributed by atoms with Gasteiger partial charge in [0, 0.05) is 56.9 Å². The van der Waals surface area contributed by atoms with Crippen molar-refractivity contribution in [2.45, 2.75) is 46.1 Å². The van der Waals surface area contributed by atoms with E-state index in [1.807, 2.05) is 18.2 Å². The van der Waals surface area contributed by atoms with Crippen molar-refractivity contribution in [1.82, 2.24) is 4.90 Å². The number of anilines is 1. The number of aliphatic hydroxyl groups excluding tert-OH is 2. The van der Waals surface area contributed by atoms with Crippen LogP contribution in [0.4, 0.5) is 5.69 Å². The zero-order valence-electron chi connectivity index (χ0n) is 22.1. The van der Waals surface area contributed by atoms with Gasteiger partial charge >= 0.3 is 0 Å². The maximum Gasteiger partial charge on any atom is 0.0960 e. The maximum atomic E-state index is 10.2. The van der Waals surface area contributed by atoms with Gasteiger partial charge in [-0.15, -0.1) is 0 Å². The number of aliphatic hydroxyl groups is 2. The summed E-state index contributed by atoms with van der Waals surface area (Å²) < 4.78 is 0. The molecule has 4 nitrogen and oxygen atoms in total. The Morgan fingerprint density at radius 1 is 1.00 bits per heavy atom. The number of benzene rings is 1. The summed E-state index contributed by atoms with van der Waals surface area (Å²) in [6.07, 6.45) is 19.0. The van der Waals surface area contributed by atoms with E-state index in [2.05, 4.69) is 85.2 Å². The third kappa shape index (κ3) is 6.29. The molecule has 192 valence electrons. The molecule has 0 bridgehead atoms. The number of piperazine rings is 1. The molecule has 4 rings (SSSR count). The van der Waals surface area contributed by atoms with Crippen LogP contribution in [0, 0.1) is 11.8 Å². The van der Waals surface area contributed by atoms with E-state index in [1.165, 1.54) is 22.4 Å². The summed E-state index contributed by atoms with van der Waals surface area (Å²) in [4.78, 5) is 5.03. The molecule has 1 heterocycles. The molecule has 1 aromatic rings. The van der Waals surface area contributed by atoms with Crippen LogP contribution in [0.15, 0.2) is 89.8 Å². The molecule has 0 aromatic heterocycles. The van der Waals surface area contributed by atoms with Crippen LogP contribution < -0.4 is 4.90 Å². The molecule has 2 aliphatic carbocycles. The van der Waals surface area contributed by atoms with Gasteiger partial charge in [-0.1, -0.05) is 67.2 Å². The van der Waals surface area contributed by atoms with Crippen LogP contribution in [-0.2, 0) is 0 Å². The molecule has 0 saturated carbocycles. The van der Waals surface area contributed by atoms with Crippen molar-refractivity contribution in [3.8, 4) is 0 Å². The second kappa shape index (κ2) is 12.4. The van der Waals surface area contributed by atoms with Gasteiger partial charge in [0.2, 0.25) is 0 Å². The SMILES string of the molecule is CC1C=CC=CC1/C(CCCO)=C(/C1=CC=C(O)CC=C1)c1ccc(N2CCN(C(C)C)CC2)cc1. The van der Waals surface area contributed by atoms with Gasteiger partial charge in [0.15, 0.2) is 0 Å². The zero-order valence-corrected chi connectivity index (χ0v) is 22.1. The number of hydrogen-bond acceptors (Lipinski definition) is 4. The van der Waals surface area contributed by atoms with E-state index >= 15 is 0 Å². The predicted octanol–water partition coefficient (Wildman–Crippen LogP) is 6.45. The molecule has 0 amide bonds. The number of nitrogens with zero attached hydrogens (tertiary/aromatic N) is 2. The Morgan fingerprint density at radius 3 is 2.39 bits per heavy atom. The third-order valence-electron chi connectivity index (χ3n) is 7.67. The van der Waals surface area contributed by atoms with Gasteiger partial charge in [0.05, 0.1) is 5.76 Å². The molecule has 36 heavy (non-hydrogen) atoms. The molecule has 1 aliphatic heterocycles. The Bertz CT molecular complexity index is 1060. The van der Waals surface area contributed by atoms with Crippen LogP contribution in [-0.4, -0.2) is 53.9 Å². The molecule has 1 aromatic carbocycles. The first-order chi connectivity index (χ1) is 17.5. The molecular formula is C32H42N2O2. The maximum absolute atomic E-state index is 10.2. The topological polar surface area (TPSA) is 46.9 Å². The highest BCUT2D eigenvalue weighted by atomic mass is 16.3. The fourth-order valence-electron chi connectivity index (χ4n) is 5.54. The van der Waals surface area contributed by atoms with Crippen molar-refractivity contribution in [2.24, 2.45) is 11.8 Å². The van der Waals surface area contributed by atoms with Crippen LogP contribution in [0.3, 0.4) is 0 Å². The van der Waals surface area contributed by atoms with Gasteiger partial charge in [-0.2, -0.15) is 0 Å². The van der Waals surface area contributed by atoms with Crippen molar-refractivity contribution in [1.29, 1.82) is 0 Å². The predicted molar refractivity (Wildman–Crippen MR) is 152 cm³/mol. The molecule has 1 fully saturated rings. The van der Waals surface area contributed by atoms with Crippen molar-refractivity contribution in [2.75, 3.05) is 37.7 Å². The first-order valence-electron chi connectivity index (χ1n) is 13.5. The van der Waals surface area contributed by atoms with E-state index in [4.69, 9.17) is 0 Å². The molecule has 2 unspecified atom stereocenters. The highest BCUT2D eigenvalue weighted by molar-refractivity contribution is 5.85. The Balaban J connectivity index is 1.73. The molecule has 2 atom stereocenters. The minimum absolute atomic E-state index is 0.175. The third-order valence-corrected chi connectivity index (χ3v) is 7.67. The lowest BCUT2D eigenvalue weighted by Crippen LogP contribution is -2.48. The average Bonchev–Trinajstić information content (AvgIpc) is 3.11. The highest BCUT2D eigenvalue weighted by Gasteiger charge is 2.25. The smallest absolute Gasteiger partial charge is 0.0960 e. The summed E-state index contributed by atoms with van der Waals surface area (Å²) in [6, 6.07) is 9.64. The standard InChI is InChI=1S/C32H42N2O2/c1-24(2)33-19-21-34(22-20-33)28-16-13-27(14-17-28)32(26-9-6-10-29(36)18-15-26)31(12-7-23-35)30-11-5-4-8-25(30)3/h4-6,8-9,11,13-18,24-25,30,35-36H,7,10,12,19-23H2,1-3H3/b32-31-. The van der Waals surface area contributed by atoms with E-state index in [0.29, 0.717) is 24.1 Å². The number of rotatable bonds is 8. The van der Waals surface area contributed by atoms with Crippen LogP contribution in [0.5, 0.6) is 0 Å². The van der Waals surface area contributed by atoms with Crippen molar-refractivity contribution < 1.29 is 10.2 Å². The Labute approximate surface area is 217 Å². The van der Waals surface area contributed by atoms with Gasteiger partial charge in [0.1, 0.15) is 0 Å². The Morgan fingerprint density at radius 2 is 1.72 bits per heavy atom. The van der Waals surface area contributed by atoms with Crippen LogP contribution in [0.25, 0.3) is 5.57 Å². The second-order valence-electron chi connectivity index (χ2n) is 10.4. The monoisotopic (exact) mass is 486 g/mol. The lowest BCUT2D eigenvalue weighted by atomic mass is 9.77. The van der Waals surface area contributed by atoms with E-state index in [0.717, 1.165) is 44.6 Å². The molecule has 0 radical (unpaired) electrons. The Hall–Kier alpha value is -2.82. The van der Waals surface area contributed by atoms with E-state index in [9.17, 15) is 10.2 Å². The van der Waals surface area contributed by atoms with Crippen molar-refractivity contribution in [3.05, 3.63) is 95.3 Å². The van der Waals surface area contributed by atoms with Gasteiger partial charge in [-0.25, -0.2) is 0 Å². The van der Waals surface area contributed by atoms with Crippen molar-refractivity contribution in [3.63, 3.8) is 0 Å². The minimum Gasteiger partial charge on any atom is -0.512 e. The molecular weight excluding hydrogens is 444 g/mol. The molecule has 1 saturated heterocycles. The zero-order chi connectivity index (χ0) is 25.5. The summed E-state index contributed by atoms with van der Waals surface area (Å²) in [5.41, 5.74) is 6.14. The van der Waals surface area contributed by atoms with Crippen molar-refractivity contribution >= 4 is 11.3 Å². The van der Waals surface area contributed by atoms with Crippen LogP contribution in [0.1, 0.15) is 45.6 Å². The minimum atomic E-state index is 0.175. The summed E-state index contributed by atoms with van der Waals surface area (Å²) in [7, 11) is 0. The average molecular weight is 487 g/mol. The van der Waals surface area contributed by atoms with E-state index < -0.39 is 0 Å². The van der Waals surface area contributed by atoms with Crippen LogP contribution in [0.2, 0.25) is 0 Å². The number of hydrogen-bond donors (Lipinski definition) is 2. The summed E-state index contributed by atoms with van der Waals surface area (Å²) >= 11 is 0. The fourth-order valence-corrected chi connectivity index (χ4v) is 5.54. The quantitative estimate of drug-likeness (QED) is 0.443. The molecule has 4 heteroatoms. The fraction of sp³-hybridized carbons (Fsp3) is 0.438. The number of allylic oxidation sites excluding steroid dienone is 11. The normalized spacial score (nSPS) is 23.4. The van der Waals surface area contributed by atoms with Gasteiger partial charge in [0.25, 0.3) is 0 Å². The largest absolute Gasteiger partial charge is 0.512 e.